The molecule has 26 heavy (non-hydrogen) atoms. The zero-order chi connectivity index (χ0) is 18.4. The molecule has 0 saturated heterocycles. The Labute approximate surface area is 153 Å². The summed E-state index contributed by atoms with van der Waals surface area (Å²) >= 11 is 0. The van der Waals surface area contributed by atoms with Gasteiger partial charge in [-0.25, -0.2) is 4.79 Å². The standard InChI is InChI=1S/C21H23N3O2/c1-22-21(26)23-20(25)19(18-10-6-3-7-11-18)24-14-12-17(13-15-24)16-8-4-2-5-9-16/h2-12,19H,13-15H2,1H3,(H2,22,23,25,26)/p+1/t19-/m0/s1. The molecule has 2 atom stereocenters. The molecule has 5 heteroatoms. The number of urea groups is 1. The van der Waals surface area contributed by atoms with Gasteiger partial charge in [-0.3, -0.25) is 10.1 Å². The highest BCUT2D eigenvalue weighted by atomic mass is 16.2. The predicted molar refractivity (Wildman–Crippen MR) is 102 cm³/mol. The first-order valence-corrected chi connectivity index (χ1v) is 8.85. The summed E-state index contributed by atoms with van der Waals surface area (Å²) in [6.07, 6.45) is 3.10. The molecule has 1 aliphatic rings. The summed E-state index contributed by atoms with van der Waals surface area (Å²) in [5.41, 5.74) is 3.46. The molecule has 5 nitrogen and oxygen atoms in total. The molecule has 0 aromatic heterocycles. The second-order valence-electron chi connectivity index (χ2n) is 6.37. The lowest BCUT2D eigenvalue weighted by Gasteiger charge is -2.30. The largest absolute Gasteiger partial charge is 0.341 e. The lowest BCUT2D eigenvalue weighted by Crippen LogP contribution is -3.13. The molecule has 134 valence electrons. The average Bonchev–Trinajstić information content (AvgIpc) is 2.70. The third kappa shape index (κ3) is 4.18. The molecular formula is C21H24N3O2+. The number of benzene rings is 2. The van der Waals surface area contributed by atoms with E-state index in [9.17, 15) is 9.59 Å². The third-order valence-electron chi connectivity index (χ3n) is 4.74. The van der Waals surface area contributed by atoms with E-state index in [0.717, 1.165) is 30.0 Å². The molecule has 0 saturated carbocycles. The topological polar surface area (TPSA) is 62.6 Å². The molecule has 0 bridgehead atoms. The Morgan fingerprint density at radius 1 is 1.00 bits per heavy atom. The highest BCUT2D eigenvalue weighted by Crippen LogP contribution is 2.19. The Balaban J connectivity index is 1.81. The van der Waals surface area contributed by atoms with Gasteiger partial charge < -0.3 is 10.2 Å². The number of rotatable bonds is 4. The van der Waals surface area contributed by atoms with Gasteiger partial charge in [-0.2, -0.15) is 0 Å². The fourth-order valence-corrected chi connectivity index (χ4v) is 3.39. The molecule has 0 spiro atoms. The van der Waals surface area contributed by atoms with Crippen LogP contribution >= 0.6 is 0 Å². The van der Waals surface area contributed by atoms with E-state index in [0.29, 0.717) is 0 Å². The Bertz CT molecular complexity index is 787. The first-order valence-electron chi connectivity index (χ1n) is 8.85. The first-order chi connectivity index (χ1) is 12.7. The molecule has 3 amide bonds. The van der Waals surface area contributed by atoms with Crippen molar-refractivity contribution in [2.45, 2.75) is 12.5 Å². The van der Waals surface area contributed by atoms with E-state index in [2.05, 4.69) is 28.8 Å². The SMILES string of the molecule is CNC(=O)NC(=O)[C@H](c1ccccc1)[NH+]1CC=C(c2ccccc2)CC1. The van der Waals surface area contributed by atoms with Gasteiger partial charge in [0.05, 0.1) is 13.1 Å². The average molecular weight is 350 g/mol. The van der Waals surface area contributed by atoms with Crippen molar-refractivity contribution in [3.63, 3.8) is 0 Å². The molecule has 3 N–H and O–H groups in total. The van der Waals surface area contributed by atoms with Crippen LogP contribution in [0, 0.1) is 0 Å². The number of imide groups is 1. The maximum absolute atomic E-state index is 12.8. The summed E-state index contributed by atoms with van der Waals surface area (Å²) in [6.45, 7) is 1.58. The van der Waals surface area contributed by atoms with Gasteiger partial charge in [0.15, 0.2) is 6.04 Å². The van der Waals surface area contributed by atoms with Gasteiger partial charge >= 0.3 is 6.03 Å². The maximum Gasteiger partial charge on any atom is 0.321 e. The van der Waals surface area contributed by atoms with Crippen molar-refractivity contribution in [3.8, 4) is 0 Å². The zero-order valence-corrected chi connectivity index (χ0v) is 14.9. The second kappa shape index (κ2) is 8.45. The summed E-state index contributed by atoms with van der Waals surface area (Å²) < 4.78 is 0. The van der Waals surface area contributed by atoms with E-state index in [4.69, 9.17) is 0 Å². The van der Waals surface area contributed by atoms with E-state index in [1.807, 2.05) is 48.5 Å². The van der Waals surface area contributed by atoms with Crippen LogP contribution in [0.1, 0.15) is 23.6 Å². The second-order valence-corrected chi connectivity index (χ2v) is 6.37. The summed E-state index contributed by atoms with van der Waals surface area (Å²) in [6, 6.07) is 19.1. The molecule has 0 fully saturated rings. The molecule has 0 aliphatic carbocycles. The van der Waals surface area contributed by atoms with Crippen molar-refractivity contribution in [1.82, 2.24) is 10.6 Å². The Morgan fingerprint density at radius 3 is 2.23 bits per heavy atom. The lowest BCUT2D eigenvalue weighted by molar-refractivity contribution is -0.917. The van der Waals surface area contributed by atoms with Crippen molar-refractivity contribution < 1.29 is 14.5 Å². The van der Waals surface area contributed by atoms with E-state index in [-0.39, 0.29) is 5.91 Å². The lowest BCUT2D eigenvalue weighted by atomic mass is 9.96. The third-order valence-corrected chi connectivity index (χ3v) is 4.74. The van der Waals surface area contributed by atoms with Crippen LogP contribution in [0.5, 0.6) is 0 Å². The number of quaternary nitrogens is 1. The van der Waals surface area contributed by atoms with Gasteiger partial charge in [0.25, 0.3) is 5.91 Å². The fraction of sp³-hybridized carbons (Fsp3) is 0.238. The Kier molecular flexibility index (Phi) is 5.81. The summed E-state index contributed by atoms with van der Waals surface area (Å²) in [5.74, 6) is -0.276. The smallest absolute Gasteiger partial charge is 0.321 e. The van der Waals surface area contributed by atoms with Gasteiger partial charge in [0.2, 0.25) is 0 Å². The van der Waals surface area contributed by atoms with Gasteiger partial charge in [-0.1, -0.05) is 60.7 Å². The van der Waals surface area contributed by atoms with Crippen LogP contribution in [-0.4, -0.2) is 32.1 Å². The Hall–Kier alpha value is -2.92. The molecule has 1 aliphatic heterocycles. The summed E-state index contributed by atoms with van der Waals surface area (Å²) in [5, 5.41) is 4.88. The summed E-state index contributed by atoms with van der Waals surface area (Å²) in [4.78, 5) is 25.5. The normalized spacial score (nSPS) is 17.7. The highest BCUT2D eigenvalue weighted by Gasteiger charge is 2.33. The first kappa shape index (κ1) is 17.9. The van der Waals surface area contributed by atoms with Crippen molar-refractivity contribution in [1.29, 1.82) is 0 Å². The quantitative estimate of drug-likeness (QED) is 0.784. The highest BCUT2D eigenvalue weighted by molar-refractivity contribution is 5.96. The number of hydrogen-bond acceptors (Lipinski definition) is 2. The molecule has 1 heterocycles. The number of carbonyl (C=O) groups is 2. The van der Waals surface area contributed by atoms with Crippen LogP contribution in [0.3, 0.4) is 0 Å². The van der Waals surface area contributed by atoms with E-state index in [1.54, 1.807) is 0 Å². The van der Waals surface area contributed by atoms with Gasteiger partial charge in [0, 0.05) is 19.0 Å². The van der Waals surface area contributed by atoms with Crippen LogP contribution in [0.4, 0.5) is 4.79 Å². The van der Waals surface area contributed by atoms with Crippen molar-refractivity contribution in [2.24, 2.45) is 0 Å². The van der Waals surface area contributed by atoms with Gasteiger partial charge in [0.1, 0.15) is 0 Å². The number of carbonyl (C=O) groups excluding carboxylic acids is 2. The molecule has 2 aromatic carbocycles. The van der Waals surface area contributed by atoms with E-state index < -0.39 is 12.1 Å². The minimum absolute atomic E-state index is 0.276. The predicted octanol–water partition coefficient (Wildman–Crippen LogP) is 1.56. The van der Waals surface area contributed by atoms with Gasteiger partial charge in [-0.05, 0) is 17.2 Å². The van der Waals surface area contributed by atoms with Crippen molar-refractivity contribution in [2.75, 3.05) is 20.1 Å². The summed E-state index contributed by atoms with van der Waals surface area (Å²) in [7, 11) is 1.50. The van der Waals surface area contributed by atoms with Crippen LogP contribution in [0.25, 0.3) is 5.57 Å². The molecule has 3 rings (SSSR count). The number of nitrogens with one attached hydrogen (secondary N) is 3. The Morgan fingerprint density at radius 2 is 1.65 bits per heavy atom. The monoisotopic (exact) mass is 350 g/mol. The fourth-order valence-electron chi connectivity index (χ4n) is 3.39. The van der Waals surface area contributed by atoms with Crippen molar-refractivity contribution >= 4 is 17.5 Å². The van der Waals surface area contributed by atoms with Crippen LogP contribution < -0.4 is 15.5 Å². The zero-order valence-electron chi connectivity index (χ0n) is 14.9. The van der Waals surface area contributed by atoms with Crippen LogP contribution in [-0.2, 0) is 4.79 Å². The number of hydrogen-bond donors (Lipinski definition) is 3. The van der Waals surface area contributed by atoms with Crippen LogP contribution in [0.15, 0.2) is 66.7 Å². The maximum atomic E-state index is 12.8. The minimum atomic E-state index is -0.479. The minimum Gasteiger partial charge on any atom is -0.341 e. The molecule has 1 unspecified atom stereocenters. The van der Waals surface area contributed by atoms with Crippen molar-refractivity contribution in [3.05, 3.63) is 77.9 Å². The van der Waals surface area contributed by atoms with E-state index in [1.165, 1.54) is 18.2 Å². The molecule has 2 aromatic rings. The molecule has 0 radical (unpaired) electrons. The molecular weight excluding hydrogens is 326 g/mol. The van der Waals surface area contributed by atoms with Crippen LogP contribution in [0.2, 0.25) is 0 Å². The number of amides is 3. The van der Waals surface area contributed by atoms with E-state index >= 15 is 0 Å². The van der Waals surface area contributed by atoms with Gasteiger partial charge in [-0.15, -0.1) is 0 Å².